The first kappa shape index (κ1) is 11.1. The third-order valence-electron chi connectivity index (χ3n) is 1.64. The average Bonchev–Trinajstić information content (AvgIpc) is 2.01. The summed E-state index contributed by atoms with van der Waals surface area (Å²) in [5.41, 5.74) is 7.26. The summed E-state index contributed by atoms with van der Waals surface area (Å²) in [6.07, 6.45) is 2.10. The largest absolute Gasteiger partial charge is 0.399 e. The van der Waals surface area contributed by atoms with Crippen LogP contribution in [0.4, 0.5) is 10.1 Å². The van der Waals surface area contributed by atoms with Crippen molar-refractivity contribution < 1.29 is 4.39 Å². The SMILES string of the molecule is CC(C)=CCSc1cc(N)cc(F)c1. The van der Waals surface area contributed by atoms with Crippen LogP contribution in [-0.2, 0) is 0 Å². The van der Waals surface area contributed by atoms with Gasteiger partial charge in [0, 0.05) is 16.3 Å². The lowest BCUT2D eigenvalue weighted by atomic mass is 10.3. The second-order valence-corrected chi connectivity index (χ2v) is 4.41. The molecular weight excluding hydrogens is 197 g/mol. The monoisotopic (exact) mass is 211 g/mol. The van der Waals surface area contributed by atoms with E-state index in [1.807, 2.05) is 13.8 Å². The molecule has 0 aliphatic rings. The van der Waals surface area contributed by atoms with E-state index in [4.69, 9.17) is 5.73 Å². The first-order valence-electron chi connectivity index (χ1n) is 4.40. The summed E-state index contributed by atoms with van der Waals surface area (Å²) < 4.78 is 12.9. The van der Waals surface area contributed by atoms with Crippen molar-refractivity contribution in [2.75, 3.05) is 11.5 Å². The Labute approximate surface area is 88.2 Å². The molecule has 0 heterocycles. The fourth-order valence-corrected chi connectivity index (χ4v) is 2.00. The van der Waals surface area contributed by atoms with Crippen molar-refractivity contribution in [2.45, 2.75) is 18.7 Å². The quantitative estimate of drug-likeness (QED) is 0.470. The predicted molar refractivity (Wildman–Crippen MR) is 61.0 cm³/mol. The number of halogens is 1. The lowest BCUT2D eigenvalue weighted by Gasteiger charge is -2.01. The number of rotatable bonds is 3. The smallest absolute Gasteiger partial charge is 0.126 e. The van der Waals surface area contributed by atoms with Gasteiger partial charge in [-0.25, -0.2) is 4.39 Å². The number of hydrogen-bond acceptors (Lipinski definition) is 2. The third-order valence-corrected chi connectivity index (χ3v) is 2.54. The molecule has 3 heteroatoms. The van der Waals surface area contributed by atoms with Crippen molar-refractivity contribution in [3.8, 4) is 0 Å². The highest BCUT2D eigenvalue weighted by Gasteiger charge is 1.97. The predicted octanol–water partition coefficient (Wildman–Crippen LogP) is 3.47. The summed E-state index contributed by atoms with van der Waals surface area (Å²) >= 11 is 1.58. The van der Waals surface area contributed by atoms with Gasteiger partial charge in [0.05, 0.1) is 0 Å². The van der Waals surface area contributed by atoms with Crippen LogP contribution in [0.5, 0.6) is 0 Å². The van der Waals surface area contributed by atoms with E-state index in [1.165, 1.54) is 17.7 Å². The number of hydrogen-bond donors (Lipinski definition) is 1. The lowest BCUT2D eigenvalue weighted by molar-refractivity contribution is 0.625. The molecule has 0 spiro atoms. The van der Waals surface area contributed by atoms with Gasteiger partial charge in [0.25, 0.3) is 0 Å². The van der Waals surface area contributed by atoms with Crippen LogP contribution in [0.1, 0.15) is 13.8 Å². The topological polar surface area (TPSA) is 26.0 Å². The minimum atomic E-state index is -0.273. The Kier molecular flexibility index (Phi) is 4.01. The molecule has 0 radical (unpaired) electrons. The molecule has 1 aromatic rings. The Bertz CT molecular complexity index is 323. The van der Waals surface area contributed by atoms with E-state index in [1.54, 1.807) is 17.8 Å². The maximum atomic E-state index is 12.9. The molecule has 1 rings (SSSR count). The Balaban J connectivity index is 2.63. The van der Waals surface area contributed by atoms with Gasteiger partial charge in [0.15, 0.2) is 0 Å². The highest BCUT2D eigenvalue weighted by Crippen LogP contribution is 2.22. The van der Waals surface area contributed by atoms with Gasteiger partial charge in [0.1, 0.15) is 5.82 Å². The average molecular weight is 211 g/mol. The summed E-state index contributed by atoms with van der Waals surface area (Å²) in [6.45, 7) is 4.08. The van der Waals surface area contributed by atoms with Crippen LogP contribution in [0.15, 0.2) is 34.7 Å². The van der Waals surface area contributed by atoms with Crippen LogP contribution < -0.4 is 5.73 Å². The van der Waals surface area contributed by atoms with Gasteiger partial charge in [-0.2, -0.15) is 0 Å². The van der Waals surface area contributed by atoms with E-state index in [2.05, 4.69) is 6.08 Å². The van der Waals surface area contributed by atoms with Crippen molar-refractivity contribution in [1.82, 2.24) is 0 Å². The summed E-state index contributed by atoms with van der Waals surface area (Å²) in [5, 5.41) is 0. The van der Waals surface area contributed by atoms with Crippen LogP contribution in [0.2, 0.25) is 0 Å². The summed E-state index contributed by atoms with van der Waals surface area (Å²) in [7, 11) is 0. The minimum absolute atomic E-state index is 0.273. The molecule has 1 aromatic carbocycles. The normalized spacial score (nSPS) is 9.93. The molecule has 0 atom stereocenters. The highest BCUT2D eigenvalue weighted by molar-refractivity contribution is 7.99. The molecular formula is C11H14FNS. The van der Waals surface area contributed by atoms with Gasteiger partial charge in [-0.15, -0.1) is 11.8 Å². The zero-order chi connectivity index (χ0) is 10.6. The highest BCUT2D eigenvalue weighted by atomic mass is 32.2. The van der Waals surface area contributed by atoms with E-state index < -0.39 is 0 Å². The first-order chi connectivity index (χ1) is 6.58. The molecule has 76 valence electrons. The molecule has 0 aliphatic carbocycles. The van der Waals surface area contributed by atoms with E-state index >= 15 is 0 Å². The molecule has 0 bridgehead atoms. The Morgan fingerprint density at radius 1 is 1.43 bits per heavy atom. The molecule has 14 heavy (non-hydrogen) atoms. The number of nitrogen functional groups attached to an aromatic ring is 1. The van der Waals surface area contributed by atoms with Crippen molar-refractivity contribution in [3.63, 3.8) is 0 Å². The van der Waals surface area contributed by atoms with E-state index in [0.717, 1.165) is 10.6 Å². The van der Waals surface area contributed by atoms with E-state index in [9.17, 15) is 4.39 Å². The summed E-state index contributed by atoms with van der Waals surface area (Å²) in [6, 6.07) is 4.61. The molecule has 2 N–H and O–H groups in total. The van der Waals surface area contributed by atoms with Crippen molar-refractivity contribution >= 4 is 17.4 Å². The molecule has 0 fully saturated rings. The molecule has 0 amide bonds. The second-order valence-electron chi connectivity index (χ2n) is 3.31. The zero-order valence-electron chi connectivity index (χ0n) is 8.38. The van der Waals surface area contributed by atoms with Gasteiger partial charge < -0.3 is 5.73 Å². The van der Waals surface area contributed by atoms with Crippen LogP contribution in [0.25, 0.3) is 0 Å². The van der Waals surface area contributed by atoms with Crippen LogP contribution in [-0.4, -0.2) is 5.75 Å². The second kappa shape index (κ2) is 5.05. The number of anilines is 1. The number of nitrogens with two attached hydrogens (primary N) is 1. The molecule has 0 aromatic heterocycles. The van der Waals surface area contributed by atoms with Crippen molar-refractivity contribution in [3.05, 3.63) is 35.7 Å². The van der Waals surface area contributed by atoms with E-state index in [0.29, 0.717) is 5.69 Å². The Morgan fingerprint density at radius 2 is 2.14 bits per heavy atom. The van der Waals surface area contributed by atoms with Gasteiger partial charge in [-0.05, 0) is 32.0 Å². The maximum Gasteiger partial charge on any atom is 0.126 e. The Hall–Kier alpha value is -0.960. The number of thioether (sulfide) groups is 1. The summed E-state index contributed by atoms with van der Waals surface area (Å²) in [4.78, 5) is 0.875. The molecule has 0 saturated heterocycles. The van der Waals surface area contributed by atoms with Gasteiger partial charge >= 0.3 is 0 Å². The van der Waals surface area contributed by atoms with Gasteiger partial charge in [-0.1, -0.05) is 11.6 Å². The van der Waals surface area contributed by atoms with Crippen molar-refractivity contribution in [1.29, 1.82) is 0 Å². The van der Waals surface area contributed by atoms with Crippen molar-refractivity contribution in [2.24, 2.45) is 0 Å². The number of allylic oxidation sites excluding steroid dienone is 1. The third kappa shape index (κ3) is 3.83. The number of benzene rings is 1. The summed E-state index contributed by atoms with van der Waals surface area (Å²) in [5.74, 6) is 0.579. The minimum Gasteiger partial charge on any atom is -0.399 e. The fraction of sp³-hybridized carbons (Fsp3) is 0.273. The first-order valence-corrected chi connectivity index (χ1v) is 5.39. The van der Waals surface area contributed by atoms with E-state index in [-0.39, 0.29) is 5.82 Å². The van der Waals surface area contributed by atoms with Crippen LogP contribution in [0.3, 0.4) is 0 Å². The fourth-order valence-electron chi connectivity index (χ4n) is 0.972. The zero-order valence-corrected chi connectivity index (χ0v) is 9.20. The lowest BCUT2D eigenvalue weighted by Crippen LogP contribution is -1.87. The standard InChI is InChI=1S/C11H14FNS/c1-8(2)3-4-14-11-6-9(12)5-10(13)7-11/h3,5-7H,4,13H2,1-2H3. The van der Waals surface area contributed by atoms with Gasteiger partial charge in [-0.3, -0.25) is 0 Å². The molecule has 0 saturated carbocycles. The molecule has 1 nitrogen and oxygen atoms in total. The Morgan fingerprint density at radius 3 is 2.71 bits per heavy atom. The molecule has 0 unspecified atom stereocenters. The van der Waals surface area contributed by atoms with Crippen LogP contribution in [0, 0.1) is 5.82 Å². The maximum absolute atomic E-state index is 12.9. The van der Waals surface area contributed by atoms with Gasteiger partial charge in [0.2, 0.25) is 0 Å². The molecule has 0 aliphatic heterocycles. The van der Waals surface area contributed by atoms with Crippen LogP contribution >= 0.6 is 11.8 Å².